The number of carbonyl (C=O) groups excluding carboxylic acids is 1. The minimum Gasteiger partial charge on any atom is -0.393 e. The number of ether oxygens (including phenoxy) is 1. The largest absolute Gasteiger partial charge is 0.466 e. The molecule has 0 aliphatic rings. The second-order valence-corrected chi connectivity index (χ2v) is 3.47. The predicted octanol–water partition coefficient (Wildman–Crippen LogP) is 2.99. The molecule has 0 aliphatic heterocycles. The number of halogens is 4. The Kier molecular flexibility index (Phi) is 3.90. The molecule has 0 atom stereocenters. The summed E-state index contributed by atoms with van der Waals surface area (Å²) in [5.41, 5.74) is -0.279. The van der Waals surface area contributed by atoms with Crippen molar-refractivity contribution in [3.05, 3.63) is 12.2 Å². The standard InChI is InChI=1S/C9H12F4O2/c1-5(2)6(3)7(14)15-9(12,13)8(4,10)11/h5H,3H2,1-2,4H3. The van der Waals surface area contributed by atoms with Gasteiger partial charge in [0.15, 0.2) is 0 Å². The molecule has 0 unspecified atom stereocenters. The first kappa shape index (κ1) is 13.9. The van der Waals surface area contributed by atoms with E-state index in [9.17, 15) is 22.4 Å². The topological polar surface area (TPSA) is 26.3 Å². The Hall–Kier alpha value is -1.07. The van der Waals surface area contributed by atoms with E-state index in [2.05, 4.69) is 11.3 Å². The van der Waals surface area contributed by atoms with E-state index in [-0.39, 0.29) is 12.5 Å². The van der Waals surface area contributed by atoms with Gasteiger partial charge in [-0.2, -0.15) is 17.6 Å². The van der Waals surface area contributed by atoms with Gasteiger partial charge >= 0.3 is 18.0 Å². The Morgan fingerprint density at radius 3 is 1.93 bits per heavy atom. The molecule has 0 bridgehead atoms. The van der Waals surface area contributed by atoms with Crippen molar-refractivity contribution in [3.63, 3.8) is 0 Å². The summed E-state index contributed by atoms with van der Waals surface area (Å²) in [6.45, 7) is 6.15. The lowest BCUT2D eigenvalue weighted by atomic mass is 10.1. The summed E-state index contributed by atoms with van der Waals surface area (Å²) < 4.78 is 53.1. The molecule has 0 aliphatic carbocycles. The van der Waals surface area contributed by atoms with E-state index in [4.69, 9.17) is 0 Å². The molecule has 0 rings (SSSR count). The van der Waals surface area contributed by atoms with Crippen molar-refractivity contribution in [2.24, 2.45) is 5.92 Å². The van der Waals surface area contributed by atoms with E-state index in [1.807, 2.05) is 0 Å². The zero-order valence-electron chi connectivity index (χ0n) is 8.61. The third-order valence-electron chi connectivity index (χ3n) is 1.69. The summed E-state index contributed by atoms with van der Waals surface area (Å²) in [7, 11) is 0. The lowest BCUT2D eigenvalue weighted by Gasteiger charge is -2.23. The van der Waals surface area contributed by atoms with E-state index in [1.165, 1.54) is 13.8 Å². The number of carbonyl (C=O) groups is 1. The van der Waals surface area contributed by atoms with Crippen LogP contribution in [0.5, 0.6) is 0 Å². The van der Waals surface area contributed by atoms with E-state index >= 15 is 0 Å². The first-order valence-electron chi connectivity index (χ1n) is 4.17. The maximum Gasteiger partial charge on any atom is 0.466 e. The molecule has 0 saturated carbocycles. The van der Waals surface area contributed by atoms with E-state index in [0.717, 1.165) is 0 Å². The Morgan fingerprint density at radius 1 is 1.27 bits per heavy atom. The Labute approximate surface area is 84.9 Å². The third kappa shape index (κ3) is 3.53. The number of rotatable bonds is 4. The molecule has 0 radical (unpaired) electrons. The van der Waals surface area contributed by atoms with Crippen LogP contribution >= 0.6 is 0 Å². The molecule has 0 aromatic rings. The highest BCUT2D eigenvalue weighted by molar-refractivity contribution is 5.88. The lowest BCUT2D eigenvalue weighted by molar-refractivity contribution is -0.323. The van der Waals surface area contributed by atoms with Crippen LogP contribution in [0.2, 0.25) is 0 Å². The Morgan fingerprint density at radius 2 is 1.67 bits per heavy atom. The third-order valence-corrected chi connectivity index (χ3v) is 1.69. The number of alkyl halides is 4. The van der Waals surface area contributed by atoms with Crippen LogP contribution < -0.4 is 0 Å². The molecule has 0 aromatic carbocycles. The normalized spacial score (nSPS) is 12.8. The highest BCUT2D eigenvalue weighted by Crippen LogP contribution is 2.35. The van der Waals surface area contributed by atoms with Crippen molar-refractivity contribution < 1.29 is 27.1 Å². The van der Waals surface area contributed by atoms with Gasteiger partial charge in [-0.05, 0) is 5.92 Å². The predicted molar refractivity (Wildman–Crippen MR) is 45.6 cm³/mol. The van der Waals surface area contributed by atoms with Crippen molar-refractivity contribution in [3.8, 4) is 0 Å². The average molecular weight is 228 g/mol. The number of hydrogen-bond acceptors (Lipinski definition) is 2. The van der Waals surface area contributed by atoms with Gasteiger partial charge in [0.1, 0.15) is 0 Å². The molecule has 0 spiro atoms. The van der Waals surface area contributed by atoms with Gasteiger partial charge in [0.2, 0.25) is 0 Å². The van der Waals surface area contributed by atoms with Crippen LogP contribution in [-0.4, -0.2) is 18.0 Å². The van der Waals surface area contributed by atoms with E-state index < -0.39 is 23.9 Å². The number of hydrogen-bond donors (Lipinski definition) is 0. The summed E-state index contributed by atoms with van der Waals surface area (Å²) in [6, 6.07) is 0. The molecular formula is C9H12F4O2. The molecule has 0 heterocycles. The zero-order chi connectivity index (χ0) is 12.4. The smallest absolute Gasteiger partial charge is 0.393 e. The quantitative estimate of drug-likeness (QED) is 0.420. The second kappa shape index (κ2) is 4.20. The van der Waals surface area contributed by atoms with Crippen molar-refractivity contribution in [2.75, 3.05) is 0 Å². The maximum atomic E-state index is 12.6. The van der Waals surface area contributed by atoms with Gasteiger partial charge < -0.3 is 4.74 Å². The lowest BCUT2D eigenvalue weighted by Crippen LogP contribution is -2.42. The fourth-order valence-corrected chi connectivity index (χ4v) is 0.507. The molecule has 2 nitrogen and oxygen atoms in total. The summed E-state index contributed by atoms with van der Waals surface area (Å²) in [5.74, 6) is -6.38. The van der Waals surface area contributed by atoms with Gasteiger partial charge in [0.05, 0.1) is 0 Å². The van der Waals surface area contributed by atoms with E-state index in [1.54, 1.807) is 0 Å². The van der Waals surface area contributed by atoms with E-state index in [0.29, 0.717) is 0 Å². The minimum absolute atomic E-state index is 0.0293. The fourth-order valence-electron chi connectivity index (χ4n) is 0.507. The SMILES string of the molecule is C=C(C(=O)OC(F)(F)C(C)(F)F)C(C)C. The molecule has 0 N–H and O–H groups in total. The van der Waals surface area contributed by atoms with Crippen LogP contribution in [0, 0.1) is 5.92 Å². The first-order chi connectivity index (χ1) is 6.49. The molecule has 0 amide bonds. The van der Waals surface area contributed by atoms with Crippen molar-refractivity contribution >= 4 is 5.97 Å². The van der Waals surface area contributed by atoms with Crippen molar-refractivity contribution in [2.45, 2.75) is 32.8 Å². The molecule has 88 valence electrons. The van der Waals surface area contributed by atoms with Gasteiger partial charge in [0.25, 0.3) is 0 Å². The van der Waals surface area contributed by atoms with Gasteiger partial charge in [-0.1, -0.05) is 20.4 Å². The fraction of sp³-hybridized carbons (Fsp3) is 0.667. The molecule has 0 aromatic heterocycles. The summed E-state index contributed by atoms with van der Waals surface area (Å²) in [4.78, 5) is 10.9. The first-order valence-corrected chi connectivity index (χ1v) is 4.17. The second-order valence-electron chi connectivity index (χ2n) is 3.47. The van der Waals surface area contributed by atoms with Gasteiger partial charge in [-0.3, -0.25) is 0 Å². The monoisotopic (exact) mass is 228 g/mol. The van der Waals surface area contributed by atoms with Gasteiger partial charge in [-0.15, -0.1) is 0 Å². The average Bonchev–Trinajstić information content (AvgIpc) is 1.99. The van der Waals surface area contributed by atoms with Crippen LogP contribution in [0.3, 0.4) is 0 Å². The molecule has 15 heavy (non-hydrogen) atoms. The molecule has 0 fully saturated rings. The van der Waals surface area contributed by atoms with Crippen LogP contribution in [0.15, 0.2) is 12.2 Å². The number of esters is 1. The van der Waals surface area contributed by atoms with Crippen LogP contribution in [0.25, 0.3) is 0 Å². The molecule has 6 heteroatoms. The minimum atomic E-state index is -4.82. The summed E-state index contributed by atoms with van der Waals surface area (Å²) in [6.07, 6.45) is -4.82. The molecular weight excluding hydrogens is 216 g/mol. The van der Waals surface area contributed by atoms with Crippen molar-refractivity contribution in [1.29, 1.82) is 0 Å². The molecule has 0 saturated heterocycles. The van der Waals surface area contributed by atoms with Crippen molar-refractivity contribution in [1.82, 2.24) is 0 Å². The Balaban J connectivity index is 4.62. The summed E-state index contributed by atoms with van der Waals surface area (Å²) in [5, 5.41) is 0. The van der Waals surface area contributed by atoms with Crippen LogP contribution in [-0.2, 0) is 9.53 Å². The highest BCUT2D eigenvalue weighted by atomic mass is 19.3. The van der Waals surface area contributed by atoms with Crippen LogP contribution in [0.4, 0.5) is 17.6 Å². The summed E-state index contributed by atoms with van der Waals surface area (Å²) >= 11 is 0. The maximum absolute atomic E-state index is 12.6. The van der Waals surface area contributed by atoms with Gasteiger partial charge in [-0.25, -0.2) is 4.79 Å². The van der Waals surface area contributed by atoms with Crippen LogP contribution in [0.1, 0.15) is 20.8 Å². The Bertz CT molecular complexity index is 266. The zero-order valence-corrected chi connectivity index (χ0v) is 8.61. The van der Waals surface area contributed by atoms with Gasteiger partial charge in [0, 0.05) is 12.5 Å². The highest BCUT2D eigenvalue weighted by Gasteiger charge is 2.56.